The van der Waals surface area contributed by atoms with E-state index in [9.17, 15) is 4.79 Å². The van der Waals surface area contributed by atoms with Crippen LogP contribution < -0.4 is 5.69 Å². The molecule has 0 spiro atoms. The van der Waals surface area contributed by atoms with Gasteiger partial charge in [0.05, 0.1) is 30.4 Å². The average molecular weight is 291 g/mol. The standard InChI is InChI=1S/C15H21N3O3/c19-11-12-10-17(8-9-21-12)6-3-7-18-14-5-2-1-4-13(14)16-15(18)20/h1-2,4-5,12,19H,3,6-11H2,(H,16,20). The summed E-state index contributed by atoms with van der Waals surface area (Å²) in [4.78, 5) is 17.1. The molecule has 2 N–H and O–H groups in total. The first-order chi connectivity index (χ1) is 10.3. The minimum Gasteiger partial charge on any atom is -0.394 e. The molecule has 1 aromatic heterocycles. The van der Waals surface area contributed by atoms with Crippen LogP contribution in [0.1, 0.15) is 6.42 Å². The molecule has 0 radical (unpaired) electrons. The molecule has 1 saturated heterocycles. The van der Waals surface area contributed by atoms with Gasteiger partial charge in [0.15, 0.2) is 0 Å². The second-order valence-electron chi connectivity index (χ2n) is 5.43. The number of ether oxygens (including phenoxy) is 1. The maximum absolute atomic E-state index is 12.0. The number of hydrogen-bond donors (Lipinski definition) is 2. The van der Waals surface area contributed by atoms with E-state index in [-0.39, 0.29) is 18.4 Å². The number of aromatic nitrogens is 2. The minimum absolute atomic E-state index is 0.0496. The summed E-state index contributed by atoms with van der Waals surface area (Å²) < 4.78 is 7.23. The average Bonchev–Trinajstić information content (AvgIpc) is 2.83. The third-order valence-corrected chi connectivity index (χ3v) is 3.96. The predicted octanol–water partition coefficient (Wildman–Crippen LogP) is 0.413. The topological polar surface area (TPSA) is 70.5 Å². The van der Waals surface area contributed by atoms with E-state index >= 15 is 0 Å². The molecule has 1 aliphatic heterocycles. The first kappa shape index (κ1) is 14.3. The maximum atomic E-state index is 12.0. The number of para-hydroxylation sites is 2. The first-order valence-electron chi connectivity index (χ1n) is 7.40. The fraction of sp³-hybridized carbons (Fsp3) is 0.533. The van der Waals surface area contributed by atoms with Crippen molar-refractivity contribution in [1.29, 1.82) is 0 Å². The minimum atomic E-state index is -0.0745. The molecule has 0 amide bonds. The molecule has 21 heavy (non-hydrogen) atoms. The van der Waals surface area contributed by atoms with E-state index in [0.717, 1.165) is 37.1 Å². The monoisotopic (exact) mass is 291 g/mol. The molecule has 1 aliphatic rings. The number of aromatic amines is 1. The third-order valence-electron chi connectivity index (χ3n) is 3.96. The Morgan fingerprint density at radius 1 is 1.33 bits per heavy atom. The molecule has 1 fully saturated rings. The van der Waals surface area contributed by atoms with E-state index < -0.39 is 0 Å². The third kappa shape index (κ3) is 3.18. The lowest BCUT2D eigenvalue weighted by atomic mass is 10.2. The highest BCUT2D eigenvalue weighted by Gasteiger charge is 2.19. The quantitative estimate of drug-likeness (QED) is 0.837. The maximum Gasteiger partial charge on any atom is 0.326 e. The number of fused-ring (bicyclic) bond motifs is 1. The second kappa shape index (κ2) is 6.43. The zero-order chi connectivity index (χ0) is 14.7. The van der Waals surface area contributed by atoms with Gasteiger partial charge in [-0.3, -0.25) is 9.47 Å². The van der Waals surface area contributed by atoms with E-state index in [2.05, 4.69) is 9.88 Å². The van der Waals surface area contributed by atoms with Gasteiger partial charge in [0.2, 0.25) is 0 Å². The van der Waals surface area contributed by atoms with Crippen LogP contribution in [0, 0.1) is 0 Å². The molecule has 114 valence electrons. The highest BCUT2D eigenvalue weighted by Crippen LogP contribution is 2.10. The number of H-pyrrole nitrogens is 1. The molecule has 0 aliphatic carbocycles. The number of aryl methyl sites for hydroxylation is 1. The molecule has 6 heteroatoms. The van der Waals surface area contributed by atoms with E-state index in [0.29, 0.717) is 13.2 Å². The molecule has 2 heterocycles. The zero-order valence-corrected chi connectivity index (χ0v) is 12.0. The van der Waals surface area contributed by atoms with Crippen molar-refractivity contribution in [3.8, 4) is 0 Å². The highest BCUT2D eigenvalue weighted by molar-refractivity contribution is 5.74. The van der Waals surface area contributed by atoms with Crippen LogP contribution in [0.3, 0.4) is 0 Å². The summed E-state index contributed by atoms with van der Waals surface area (Å²) in [6.45, 7) is 3.99. The van der Waals surface area contributed by atoms with Crippen LogP contribution in [0.25, 0.3) is 11.0 Å². The lowest BCUT2D eigenvalue weighted by Crippen LogP contribution is -2.44. The molecule has 6 nitrogen and oxygen atoms in total. The number of nitrogens with one attached hydrogen (secondary N) is 1. The Morgan fingerprint density at radius 3 is 3.05 bits per heavy atom. The largest absolute Gasteiger partial charge is 0.394 e. The van der Waals surface area contributed by atoms with Crippen molar-refractivity contribution in [3.05, 3.63) is 34.7 Å². The van der Waals surface area contributed by atoms with Crippen molar-refractivity contribution in [2.45, 2.75) is 19.1 Å². The first-order valence-corrected chi connectivity index (χ1v) is 7.40. The number of aliphatic hydroxyl groups excluding tert-OH is 1. The van der Waals surface area contributed by atoms with Crippen LogP contribution >= 0.6 is 0 Å². The molecule has 0 bridgehead atoms. The number of morpholine rings is 1. The smallest absolute Gasteiger partial charge is 0.326 e. The van der Waals surface area contributed by atoms with Crippen molar-refractivity contribution in [2.24, 2.45) is 0 Å². The van der Waals surface area contributed by atoms with Gasteiger partial charge in [0, 0.05) is 26.2 Å². The molecule has 0 saturated carbocycles. The molecule has 2 aromatic rings. The predicted molar refractivity (Wildman–Crippen MR) is 80.4 cm³/mol. The molecule has 1 atom stereocenters. The summed E-state index contributed by atoms with van der Waals surface area (Å²) >= 11 is 0. The van der Waals surface area contributed by atoms with Gasteiger partial charge < -0.3 is 14.8 Å². The number of aliphatic hydroxyl groups is 1. The number of hydrogen-bond acceptors (Lipinski definition) is 4. The van der Waals surface area contributed by atoms with Crippen molar-refractivity contribution < 1.29 is 9.84 Å². The molecular formula is C15H21N3O3. The zero-order valence-electron chi connectivity index (χ0n) is 12.0. The fourth-order valence-corrected chi connectivity index (χ4v) is 2.88. The van der Waals surface area contributed by atoms with Crippen LogP contribution in [0.2, 0.25) is 0 Å². The number of benzene rings is 1. The Labute approximate surface area is 122 Å². The summed E-state index contributed by atoms with van der Waals surface area (Å²) in [5.41, 5.74) is 1.79. The second-order valence-corrected chi connectivity index (χ2v) is 5.43. The van der Waals surface area contributed by atoms with Gasteiger partial charge in [-0.15, -0.1) is 0 Å². The van der Waals surface area contributed by atoms with Gasteiger partial charge >= 0.3 is 5.69 Å². The Hall–Kier alpha value is -1.63. The van der Waals surface area contributed by atoms with Crippen molar-refractivity contribution in [3.63, 3.8) is 0 Å². The number of rotatable bonds is 5. The van der Waals surface area contributed by atoms with Gasteiger partial charge in [-0.1, -0.05) is 12.1 Å². The Morgan fingerprint density at radius 2 is 2.19 bits per heavy atom. The number of nitrogens with zero attached hydrogens (tertiary/aromatic N) is 2. The molecular weight excluding hydrogens is 270 g/mol. The van der Waals surface area contributed by atoms with E-state index in [1.807, 2.05) is 24.3 Å². The van der Waals surface area contributed by atoms with Gasteiger partial charge in [0.25, 0.3) is 0 Å². The van der Waals surface area contributed by atoms with E-state index in [4.69, 9.17) is 9.84 Å². The Kier molecular flexibility index (Phi) is 4.38. The Bertz CT molecular complexity index is 649. The van der Waals surface area contributed by atoms with Crippen molar-refractivity contribution >= 4 is 11.0 Å². The summed E-state index contributed by atoms with van der Waals surface area (Å²) in [6.07, 6.45) is 0.828. The van der Waals surface area contributed by atoms with Crippen LogP contribution in [-0.4, -0.2) is 58.5 Å². The van der Waals surface area contributed by atoms with Crippen molar-refractivity contribution in [1.82, 2.24) is 14.5 Å². The summed E-state index contributed by atoms with van der Waals surface area (Å²) in [6, 6.07) is 7.75. The lowest BCUT2D eigenvalue weighted by Gasteiger charge is -2.31. The van der Waals surface area contributed by atoms with Gasteiger partial charge in [-0.05, 0) is 18.6 Å². The van der Waals surface area contributed by atoms with E-state index in [1.165, 1.54) is 0 Å². The lowest BCUT2D eigenvalue weighted by molar-refractivity contribution is -0.0530. The van der Waals surface area contributed by atoms with Gasteiger partial charge in [-0.25, -0.2) is 4.79 Å². The summed E-state index contributed by atoms with van der Waals surface area (Å²) in [5.74, 6) is 0. The van der Waals surface area contributed by atoms with Gasteiger partial charge in [-0.2, -0.15) is 0 Å². The van der Waals surface area contributed by atoms with E-state index in [1.54, 1.807) is 4.57 Å². The van der Waals surface area contributed by atoms with Crippen LogP contribution in [0.5, 0.6) is 0 Å². The van der Waals surface area contributed by atoms with Gasteiger partial charge in [0.1, 0.15) is 0 Å². The van der Waals surface area contributed by atoms with Crippen LogP contribution in [-0.2, 0) is 11.3 Å². The molecule has 1 aromatic carbocycles. The normalized spacial score (nSPS) is 20.1. The molecule has 3 rings (SSSR count). The summed E-state index contributed by atoms with van der Waals surface area (Å²) in [5, 5.41) is 9.14. The summed E-state index contributed by atoms with van der Waals surface area (Å²) in [7, 11) is 0. The van der Waals surface area contributed by atoms with Crippen LogP contribution in [0.15, 0.2) is 29.1 Å². The molecule has 1 unspecified atom stereocenters. The highest BCUT2D eigenvalue weighted by atomic mass is 16.5. The van der Waals surface area contributed by atoms with Crippen LogP contribution in [0.4, 0.5) is 0 Å². The fourth-order valence-electron chi connectivity index (χ4n) is 2.88. The number of imidazole rings is 1. The SMILES string of the molecule is O=c1[nH]c2ccccc2n1CCCN1CCOC(CO)C1. The Balaban J connectivity index is 1.59. The van der Waals surface area contributed by atoms with Crippen molar-refractivity contribution in [2.75, 3.05) is 32.8 Å².